The Kier molecular flexibility index (Phi) is 5.71. The Morgan fingerprint density at radius 1 is 1.39 bits per heavy atom. The van der Waals surface area contributed by atoms with Crippen molar-refractivity contribution in [1.82, 2.24) is 5.32 Å². The molecule has 0 aliphatic rings. The number of nitrogens with one attached hydrogen (secondary N) is 1. The maximum atomic E-state index is 12.9. The molecule has 1 amide bonds. The number of carbonyl (C=O) groups is 1. The molecular weight excluding hydrogens is 238 g/mol. The molecule has 1 unspecified atom stereocenters. The summed E-state index contributed by atoms with van der Waals surface area (Å²) in [5.74, 6) is -2.04. The summed E-state index contributed by atoms with van der Waals surface area (Å²) in [7, 11) is 0. The molecule has 0 heterocycles. The van der Waals surface area contributed by atoms with Gasteiger partial charge in [0.1, 0.15) is 0 Å². The van der Waals surface area contributed by atoms with E-state index in [9.17, 15) is 13.6 Å². The number of amides is 1. The summed E-state index contributed by atoms with van der Waals surface area (Å²) in [6.45, 7) is 2.45. The van der Waals surface area contributed by atoms with Crippen molar-refractivity contribution in [3.63, 3.8) is 0 Å². The Balaban J connectivity index is 2.33. The summed E-state index contributed by atoms with van der Waals surface area (Å²) in [6, 6.07) is 3.58. The maximum Gasteiger partial charge on any atom is 0.224 e. The normalized spacial score (nSPS) is 12.2. The Bertz CT molecular complexity index is 408. The monoisotopic (exact) mass is 256 g/mol. The van der Waals surface area contributed by atoms with Gasteiger partial charge in [-0.15, -0.1) is 0 Å². The van der Waals surface area contributed by atoms with Crippen LogP contribution in [0.2, 0.25) is 0 Å². The molecule has 5 heteroatoms. The molecule has 0 spiro atoms. The predicted octanol–water partition coefficient (Wildman–Crippen LogP) is 1.75. The molecule has 1 aromatic rings. The van der Waals surface area contributed by atoms with Crippen molar-refractivity contribution in [1.29, 1.82) is 0 Å². The van der Waals surface area contributed by atoms with E-state index in [0.717, 1.165) is 25.0 Å². The quantitative estimate of drug-likeness (QED) is 0.762. The molecule has 18 heavy (non-hydrogen) atoms. The molecule has 0 bridgehead atoms. The number of nitrogens with two attached hydrogens (primary N) is 1. The number of benzene rings is 1. The number of rotatable bonds is 6. The zero-order valence-electron chi connectivity index (χ0n) is 10.4. The van der Waals surface area contributed by atoms with Gasteiger partial charge in [0.25, 0.3) is 0 Å². The van der Waals surface area contributed by atoms with Crippen LogP contribution in [0, 0.1) is 11.6 Å². The van der Waals surface area contributed by atoms with Crippen LogP contribution in [0.15, 0.2) is 18.2 Å². The highest BCUT2D eigenvalue weighted by atomic mass is 19.2. The summed E-state index contributed by atoms with van der Waals surface area (Å²) < 4.78 is 25.6. The van der Waals surface area contributed by atoms with Crippen LogP contribution in [0.3, 0.4) is 0 Å². The van der Waals surface area contributed by atoms with Gasteiger partial charge in [-0.2, -0.15) is 0 Å². The second kappa shape index (κ2) is 7.06. The second-order valence-electron chi connectivity index (χ2n) is 4.39. The first kappa shape index (κ1) is 14.6. The lowest BCUT2D eigenvalue weighted by Gasteiger charge is -2.07. The Hall–Kier alpha value is -1.49. The molecule has 0 radical (unpaired) electrons. The van der Waals surface area contributed by atoms with E-state index in [4.69, 9.17) is 5.73 Å². The van der Waals surface area contributed by atoms with E-state index in [2.05, 4.69) is 5.32 Å². The van der Waals surface area contributed by atoms with Gasteiger partial charge >= 0.3 is 0 Å². The van der Waals surface area contributed by atoms with Crippen molar-refractivity contribution >= 4 is 5.91 Å². The van der Waals surface area contributed by atoms with Crippen LogP contribution in [0.4, 0.5) is 8.78 Å². The van der Waals surface area contributed by atoms with E-state index < -0.39 is 11.6 Å². The first-order chi connectivity index (χ1) is 8.49. The number of hydrogen-bond acceptors (Lipinski definition) is 2. The minimum absolute atomic E-state index is 0.0510. The molecule has 3 nitrogen and oxygen atoms in total. The minimum Gasteiger partial charge on any atom is -0.356 e. The smallest absolute Gasteiger partial charge is 0.224 e. The van der Waals surface area contributed by atoms with Crippen LogP contribution in [0.5, 0.6) is 0 Å². The molecule has 100 valence electrons. The van der Waals surface area contributed by atoms with E-state index in [0.29, 0.717) is 12.1 Å². The van der Waals surface area contributed by atoms with E-state index in [1.807, 2.05) is 6.92 Å². The Morgan fingerprint density at radius 2 is 2.11 bits per heavy atom. The molecule has 0 aromatic heterocycles. The van der Waals surface area contributed by atoms with Gasteiger partial charge in [0.2, 0.25) is 5.91 Å². The second-order valence-corrected chi connectivity index (χ2v) is 4.39. The predicted molar refractivity (Wildman–Crippen MR) is 66.0 cm³/mol. The zero-order chi connectivity index (χ0) is 13.5. The molecule has 0 fully saturated rings. The largest absolute Gasteiger partial charge is 0.356 e. The average Bonchev–Trinajstić information content (AvgIpc) is 2.29. The SMILES string of the molecule is CC(N)CCCNC(=O)Cc1ccc(F)c(F)c1. The number of carbonyl (C=O) groups excluding carboxylic acids is 1. The highest BCUT2D eigenvalue weighted by Gasteiger charge is 2.06. The molecular formula is C13H18F2N2O. The summed E-state index contributed by atoms with van der Waals surface area (Å²) >= 11 is 0. The average molecular weight is 256 g/mol. The van der Waals surface area contributed by atoms with Gasteiger partial charge in [0.15, 0.2) is 11.6 Å². The molecule has 3 N–H and O–H groups in total. The minimum atomic E-state index is -0.933. The fourth-order valence-corrected chi connectivity index (χ4v) is 1.55. The van der Waals surface area contributed by atoms with E-state index in [-0.39, 0.29) is 18.4 Å². The van der Waals surface area contributed by atoms with Crippen LogP contribution < -0.4 is 11.1 Å². The Labute approximate surface area is 105 Å². The first-order valence-corrected chi connectivity index (χ1v) is 5.95. The molecule has 1 aromatic carbocycles. The van der Waals surface area contributed by atoms with Gasteiger partial charge < -0.3 is 11.1 Å². The van der Waals surface area contributed by atoms with Crippen LogP contribution in [-0.4, -0.2) is 18.5 Å². The molecule has 1 atom stereocenters. The van der Waals surface area contributed by atoms with Crippen molar-refractivity contribution < 1.29 is 13.6 Å². The summed E-state index contributed by atoms with van der Waals surface area (Å²) in [4.78, 5) is 11.5. The molecule has 0 aliphatic carbocycles. The Morgan fingerprint density at radius 3 is 2.72 bits per heavy atom. The highest BCUT2D eigenvalue weighted by molar-refractivity contribution is 5.78. The van der Waals surface area contributed by atoms with Crippen LogP contribution in [0.25, 0.3) is 0 Å². The third-order valence-electron chi connectivity index (χ3n) is 2.51. The van der Waals surface area contributed by atoms with Gasteiger partial charge in [0, 0.05) is 12.6 Å². The van der Waals surface area contributed by atoms with E-state index in [1.54, 1.807) is 0 Å². The molecule has 0 saturated heterocycles. The zero-order valence-corrected chi connectivity index (χ0v) is 10.4. The van der Waals surface area contributed by atoms with Gasteiger partial charge in [-0.25, -0.2) is 8.78 Å². The first-order valence-electron chi connectivity index (χ1n) is 5.95. The molecule has 0 aliphatic heterocycles. The lowest BCUT2D eigenvalue weighted by atomic mass is 10.1. The number of halogens is 2. The van der Waals surface area contributed by atoms with Gasteiger partial charge in [0.05, 0.1) is 6.42 Å². The lowest BCUT2D eigenvalue weighted by Crippen LogP contribution is -2.27. The van der Waals surface area contributed by atoms with Gasteiger partial charge in [-0.1, -0.05) is 6.07 Å². The fourth-order valence-electron chi connectivity index (χ4n) is 1.55. The number of hydrogen-bond donors (Lipinski definition) is 2. The van der Waals surface area contributed by atoms with Crippen LogP contribution in [-0.2, 0) is 11.2 Å². The summed E-state index contributed by atoms with van der Waals surface area (Å²) in [5, 5.41) is 2.71. The molecule has 0 saturated carbocycles. The van der Waals surface area contributed by atoms with Gasteiger partial charge in [-0.05, 0) is 37.5 Å². The van der Waals surface area contributed by atoms with Crippen molar-refractivity contribution in [2.45, 2.75) is 32.2 Å². The van der Waals surface area contributed by atoms with Crippen molar-refractivity contribution in [3.05, 3.63) is 35.4 Å². The highest BCUT2D eigenvalue weighted by Crippen LogP contribution is 2.09. The van der Waals surface area contributed by atoms with Crippen molar-refractivity contribution in [3.8, 4) is 0 Å². The van der Waals surface area contributed by atoms with Crippen molar-refractivity contribution in [2.24, 2.45) is 5.73 Å². The fraction of sp³-hybridized carbons (Fsp3) is 0.462. The maximum absolute atomic E-state index is 12.9. The van der Waals surface area contributed by atoms with Crippen molar-refractivity contribution in [2.75, 3.05) is 6.54 Å². The summed E-state index contributed by atoms with van der Waals surface area (Å²) in [6.07, 6.45) is 1.70. The topological polar surface area (TPSA) is 55.1 Å². The lowest BCUT2D eigenvalue weighted by molar-refractivity contribution is -0.120. The third-order valence-corrected chi connectivity index (χ3v) is 2.51. The van der Waals surface area contributed by atoms with Gasteiger partial charge in [-0.3, -0.25) is 4.79 Å². The molecule has 1 rings (SSSR count). The van der Waals surface area contributed by atoms with Crippen LogP contribution >= 0.6 is 0 Å². The van der Waals surface area contributed by atoms with Crippen LogP contribution in [0.1, 0.15) is 25.3 Å². The van der Waals surface area contributed by atoms with E-state index in [1.165, 1.54) is 6.07 Å². The standard InChI is InChI=1S/C13H18F2N2O/c1-9(16)3-2-6-17-13(18)8-10-4-5-11(14)12(15)7-10/h4-5,7,9H,2-3,6,8,16H2,1H3,(H,17,18). The summed E-state index contributed by atoms with van der Waals surface area (Å²) in [5.41, 5.74) is 6.03. The third kappa shape index (κ3) is 5.23. The van der Waals surface area contributed by atoms with E-state index >= 15 is 0 Å².